The quantitative estimate of drug-likeness (QED) is 0.665. The van der Waals surface area contributed by atoms with Crippen LogP contribution in [0, 0.1) is 0 Å². The number of rotatable bonds is 8. The van der Waals surface area contributed by atoms with Crippen LogP contribution in [0.3, 0.4) is 0 Å². The molecule has 6 nitrogen and oxygen atoms in total. The largest absolute Gasteiger partial charge is 0.493 e. The third kappa shape index (κ3) is 6.19. The van der Waals surface area contributed by atoms with Crippen molar-refractivity contribution in [2.75, 3.05) is 20.4 Å². The summed E-state index contributed by atoms with van der Waals surface area (Å²) in [5, 5.41) is 0. The lowest BCUT2D eigenvalue weighted by Crippen LogP contribution is -2.26. The number of halogens is 2. The standard InChI is InChI=1S/C19H21F2NO5S/c1-22(11-13-7-8-16(27-19(20)21)17(10-13)26-2)18(23)15-6-4-5-14(9-15)12-28(3,24)25/h4-10,19H,11-12H2,1-3H3. The molecular weight excluding hydrogens is 392 g/mol. The number of nitrogens with zero attached hydrogens (tertiary/aromatic N) is 1. The Morgan fingerprint density at radius 1 is 1.11 bits per heavy atom. The lowest BCUT2D eigenvalue weighted by molar-refractivity contribution is -0.0512. The van der Waals surface area contributed by atoms with Gasteiger partial charge in [-0.3, -0.25) is 4.79 Å². The van der Waals surface area contributed by atoms with Crippen molar-refractivity contribution >= 4 is 15.7 Å². The first-order chi connectivity index (χ1) is 13.1. The molecule has 9 heteroatoms. The molecule has 0 saturated heterocycles. The Morgan fingerprint density at radius 3 is 2.43 bits per heavy atom. The van der Waals surface area contributed by atoms with Crippen LogP contribution in [0.5, 0.6) is 11.5 Å². The molecule has 152 valence electrons. The van der Waals surface area contributed by atoms with Gasteiger partial charge >= 0.3 is 6.61 Å². The highest BCUT2D eigenvalue weighted by Gasteiger charge is 2.16. The van der Waals surface area contributed by atoms with E-state index in [2.05, 4.69) is 4.74 Å². The molecule has 2 aromatic carbocycles. The van der Waals surface area contributed by atoms with Crippen molar-refractivity contribution in [2.45, 2.75) is 18.9 Å². The second-order valence-electron chi connectivity index (χ2n) is 6.30. The summed E-state index contributed by atoms with van der Waals surface area (Å²) in [5.74, 6) is -0.416. The number of carbonyl (C=O) groups is 1. The molecule has 2 rings (SSSR count). The highest BCUT2D eigenvalue weighted by molar-refractivity contribution is 7.89. The zero-order valence-corrected chi connectivity index (χ0v) is 16.5. The third-order valence-corrected chi connectivity index (χ3v) is 4.67. The number of benzene rings is 2. The number of amides is 1. The summed E-state index contributed by atoms with van der Waals surface area (Å²) in [7, 11) is -0.295. The van der Waals surface area contributed by atoms with E-state index in [0.717, 1.165) is 6.26 Å². The zero-order chi connectivity index (χ0) is 20.9. The molecule has 0 saturated carbocycles. The van der Waals surface area contributed by atoms with Crippen LogP contribution in [0.4, 0.5) is 8.78 Å². The van der Waals surface area contributed by atoms with Crippen LogP contribution in [-0.4, -0.2) is 46.2 Å². The first-order valence-electron chi connectivity index (χ1n) is 8.23. The van der Waals surface area contributed by atoms with Gasteiger partial charge in [0.25, 0.3) is 5.91 Å². The fraction of sp³-hybridized carbons (Fsp3) is 0.316. The maximum atomic E-state index is 12.7. The molecule has 0 unspecified atom stereocenters. The van der Waals surface area contributed by atoms with Crippen molar-refractivity contribution in [2.24, 2.45) is 0 Å². The van der Waals surface area contributed by atoms with Gasteiger partial charge in [0.05, 0.1) is 12.9 Å². The molecule has 2 aromatic rings. The Hall–Kier alpha value is -2.68. The molecule has 0 aliphatic carbocycles. The van der Waals surface area contributed by atoms with Crippen LogP contribution in [0.1, 0.15) is 21.5 Å². The van der Waals surface area contributed by atoms with Crippen LogP contribution >= 0.6 is 0 Å². The van der Waals surface area contributed by atoms with Gasteiger partial charge in [0, 0.05) is 25.4 Å². The number of hydrogen-bond acceptors (Lipinski definition) is 5. The maximum absolute atomic E-state index is 12.7. The Balaban J connectivity index is 2.15. The van der Waals surface area contributed by atoms with Gasteiger partial charge in [-0.15, -0.1) is 0 Å². The minimum atomic E-state index is -3.21. The topological polar surface area (TPSA) is 72.9 Å². The van der Waals surface area contributed by atoms with Gasteiger partial charge in [0.15, 0.2) is 21.3 Å². The smallest absolute Gasteiger partial charge is 0.387 e. The molecule has 0 atom stereocenters. The highest BCUT2D eigenvalue weighted by Crippen LogP contribution is 2.30. The van der Waals surface area contributed by atoms with E-state index < -0.39 is 16.4 Å². The zero-order valence-electron chi connectivity index (χ0n) is 15.7. The van der Waals surface area contributed by atoms with Crippen LogP contribution < -0.4 is 9.47 Å². The fourth-order valence-electron chi connectivity index (χ4n) is 2.67. The Labute approximate surface area is 162 Å². The minimum Gasteiger partial charge on any atom is -0.493 e. The number of carbonyl (C=O) groups excluding carboxylic acids is 1. The summed E-state index contributed by atoms with van der Waals surface area (Å²) in [4.78, 5) is 14.1. The molecular formula is C19H21F2NO5S. The Morgan fingerprint density at radius 2 is 1.82 bits per heavy atom. The monoisotopic (exact) mass is 413 g/mol. The molecule has 0 N–H and O–H groups in total. The van der Waals surface area contributed by atoms with Crippen LogP contribution in [0.15, 0.2) is 42.5 Å². The van der Waals surface area contributed by atoms with Gasteiger partial charge in [-0.2, -0.15) is 8.78 Å². The molecule has 0 bridgehead atoms. The van der Waals surface area contributed by atoms with Crippen molar-refractivity contribution in [1.29, 1.82) is 0 Å². The molecule has 0 heterocycles. The van der Waals surface area contributed by atoms with Gasteiger partial charge in [-0.05, 0) is 35.4 Å². The predicted molar refractivity (Wildman–Crippen MR) is 100 cm³/mol. The number of sulfone groups is 1. The summed E-state index contributed by atoms with van der Waals surface area (Å²) < 4.78 is 57.1. The molecule has 0 spiro atoms. The van der Waals surface area contributed by atoms with E-state index in [1.54, 1.807) is 37.4 Å². The molecule has 0 aliphatic heterocycles. The van der Waals surface area contributed by atoms with Gasteiger partial charge in [0.2, 0.25) is 0 Å². The summed E-state index contributed by atoms with van der Waals surface area (Å²) in [6.45, 7) is -2.77. The molecule has 0 fully saturated rings. The molecule has 0 aromatic heterocycles. The van der Waals surface area contributed by atoms with Gasteiger partial charge in [-0.25, -0.2) is 8.42 Å². The van der Waals surface area contributed by atoms with E-state index in [9.17, 15) is 22.0 Å². The van der Waals surface area contributed by atoms with E-state index >= 15 is 0 Å². The molecule has 28 heavy (non-hydrogen) atoms. The first kappa shape index (κ1) is 21.6. The van der Waals surface area contributed by atoms with Crippen molar-refractivity contribution in [3.63, 3.8) is 0 Å². The van der Waals surface area contributed by atoms with Gasteiger partial charge in [-0.1, -0.05) is 18.2 Å². The number of methoxy groups -OCH3 is 1. The van der Waals surface area contributed by atoms with Crippen molar-refractivity contribution in [3.8, 4) is 11.5 Å². The summed E-state index contributed by atoms with van der Waals surface area (Å²) in [5.41, 5.74) is 1.53. The first-order valence-corrected chi connectivity index (χ1v) is 10.3. The van der Waals surface area contributed by atoms with Crippen LogP contribution in [0.2, 0.25) is 0 Å². The van der Waals surface area contributed by atoms with Crippen LogP contribution in [-0.2, 0) is 22.1 Å². The second kappa shape index (κ2) is 9.01. The highest BCUT2D eigenvalue weighted by atomic mass is 32.2. The van der Waals surface area contributed by atoms with Gasteiger partial charge < -0.3 is 14.4 Å². The number of hydrogen-bond donors (Lipinski definition) is 0. The lowest BCUT2D eigenvalue weighted by atomic mass is 10.1. The van der Waals surface area contributed by atoms with E-state index in [0.29, 0.717) is 16.7 Å². The minimum absolute atomic E-state index is 0.0938. The van der Waals surface area contributed by atoms with E-state index in [1.807, 2.05) is 0 Å². The van der Waals surface area contributed by atoms with E-state index in [4.69, 9.17) is 4.74 Å². The number of ether oxygens (including phenoxy) is 2. The number of alkyl halides is 2. The van der Waals surface area contributed by atoms with Crippen LogP contribution in [0.25, 0.3) is 0 Å². The Bertz CT molecular complexity index is 947. The summed E-state index contributed by atoms with van der Waals surface area (Å²) in [6, 6.07) is 10.8. The molecule has 0 aliphatic rings. The summed E-state index contributed by atoms with van der Waals surface area (Å²) in [6.07, 6.45) is 1.13. The predicted octanol–water partition coefficient (Wildman–Crippen LogP) is 3.11. The maximum Gasteiger partial charge on any atom is 0.387 e. The van der Waals surface area contributed by atoms with E-state index in [1.165, 1.54) is 24.1 Å². The third-order valence-electron chi connectivity index (χ3n) is 3.81. The normalized spacial score (nSPS) is 11.4. The molecule has 1 amide bonds. The second-order valence-corrected chi connectivity index (χ2v) is 8.44. The summed E-state index contributed by atoms with van der Waals surface area (Å²) >= 11 is 0. The SMILES string of the molecule is COc1cc(CN(C)C(=O)c2cccc(CS(C)(=O)=O)c2)ccc1OC(F)F. The lowest BCUT2D eigenvalue weighted by Gasteiger charge is -2.19. The average molecular weight is 413 g/mol. The molecule has 0 radical (unpaired) electrons. The van der Waals surface area contributed by atoms with Crippen molar-refractivity contribution in [1.82, 2.24) is 4.90 Å². The average Bonchev–Trinajstić information content (AvgIpc) is 2.60. The Kier molecular flexibility index (Phi) is 6.95. The van der Waals surface area contributed by atoms with E-state index in [-0.39, 0.29) is 29.7 Å². The van der Waals surface area contributed by atoms with Gasteiger partial charge in [0.1, 0.15) is 0 Å². The van der Waals surface area contributed by atoms with Crippen molar-refractivity contribution < 1.29 is 31.5 Å². The van der Waals surface area contributed by atoms with Crippen molar-refractivity contribution in [3.05, 3.63) is 59.2 Å². The fourth-order valence-corrected chi connectivity index (χ4v) is 3.45.